The number of hydrogen-bond donors (Lipinski definition) is 4. The number of hydrazine groups is 2. The molecule has 0 saturated carbocycles. The van der Waals surface area contributed by atoms with Crippen molar-refractivity contribution in [2.24, 2.45) is 10.8 Å². The third kappa shape index (κ3) is 3.34. The van der Waals surface area contributed by atoms with Gasteiger partial charge >= 0.3 is 0 Å². The molecule has 0 amide bonds. The lowest BCUT2D eigenvalue weighted by molar-refractivity contribution is 0.447. The molecule has 0 bridgehead atoms. The third-order valence-electron chi connectivity index (χ3n) is 5.29. The maximum atomic E-state index is 7.56. The molecular formula is C20H24N6S. The fourth-order valence-corrected chi connectivity index (χ4v) is 4.89. The van der Waals surface area contributed by atoms with Crippen LogP contribution in [0.15, 0.2) is 53.5 Å². The van der Waals surface area contributed by atoms with Gasteiger partial charge in [0.2, 0.25) is 0 Å². The quantitative estimate of drug-likeness (QED) is 0.372. The first-order valence-electron chi connectivity index (χ1n) is 9.13. The predicted molar refractivity (Wildman–Crippen MR) is 114 cm³/mol. The summed E-state index contributed by atoms with van der Waals surface area (Å²) < 4.78 is 0. The summed E-state index contributed by atoms with van der Waals surface area (Å²) in [7, 11) is 0. The molecule has 2 heterocycles. The van der Waals surface area contributed by atoms with Crippen molar-refractivity contribution in [1.29, 1.82) is 5.41 Å². The van der Waals surface area contributed by atoms with Crippen LogP contribution in [0.5, 0.6) is 0 Å². The third-order valence-corrected chi connectivity index (χ3v) is 6.28. The zero-order valence-electron chi connectivity index (χ0n) is 15.1. The Morgan fingerprint density at radius 2 is 1.89 bits per heavy atom. The van der Waals surface area contributed by atoms with Crippen LogP contribution in [0.2, 0.25) is 0 Å². The van der Waals surface area contributed by atoms with E-state index in [1.165, 1.54) is 6.21 Å². The second-order valence-corrected chi connectivity index (χ2v) is 8.01. The van der Waals surface area contributed by atoms with Gasteiger partial charge in [-0.15, -0.1) is 0 Å². The number of hydrogen-bond acceptors (Lipinski definition) is 7. The molecule has 7 heteroatoms. The van der Waals surface area contributed by atoms with Crippen LogP contribution < -0.4 is 21.7 Å². The minimum Gasteiger partial charge on any atom is -0.308 e. The molecule has 140 valence electrons. The molecule has 4 rings (SSSR count). The number of nitrogens with one attached hydrogen (secondary N) is 3. The molecule has 2 aliphatic rings. The van der Waals surface area contributed by atoms with E-state index in [9.17, 15) is 0 Å². The minimum absolute atomic E-state index is 0.312. The summed E-state index contributed by atoms with van der Waals surface area (Å²) in [4.78, 5) is 4.91. The summed E-state index contributed by atoms with van der Waals surface area (Å²) in [6, 6.07) is 15.9. The van der Waals surface area contributed by atoms with E-state index < -0.39 is 0 Å². The van der Waals surface area contributed by atoms with Gasteiger partial charge in [-0.2, -0.15) is 11.8 Å². The highest BCUT2D eigenvalue weighted by Crippen LogP contribution is 2.42. The molecule has 2 aromatic rings. The first kappa shape index (κ1) is 18.0. The molecule has 0 aromatic heterocycles. The number of aliphatic imine (C=N–C) groups is 1. The lowest BCUT2D eigenvalue weighted by atomic mass is 9.87. The fourth-order valence-electron chi connectivity index (χ4n) is 3.72. The summed E-state index contributed by atoms with van der Waals surface area (Å²) in [5, 5.41) is 9.46. The number of benzene rings is 2. The number of para-hydroxylation sites is 2. The predicted octanol–water partition coefficient (Wildman–Crippen LogP) is 2.97. The van der Waals surface area contributed by atoms with Gasteiger partial charge < -0.3 is 10.8 Å². The van der Waals surface area contributed by atoms with Crippen LogP contribution in [0.3, 0.4) is 0 Å². The van der Waals surface area contributed by atoms with Gasteiger partial charge in [-0.3, -0.25) is 5.01 Å². The van der Waals surface area contributed by atoms with Gasteiger partial charge in [-0.05, 0) is 47.6 Å². The summed E-state index contributed by atoms with van der Waals surface area (Å²) in [6.07, 6.45) is 3.28. The molecule has 2 aromatic carbocycles. The molecule has 6 nitrogen and oxygen atoms in total. The average Bonchev–Trinajstić information content (AvgIpc) is 2.73. The summed E-state index contributed by atoms with van der Waals surface area (Å²) >= 11 is 1.96. The normalized spacial score (nSPS) is 18.0. The van der Waals surface area contributed by atoms with Crippen LogP contribution in [0.25, 0.3) is 0 Å². The van der Waals surface area contributed by atoms with Gasteiger partial charge in [0.25, 0.3) is 0 Å². The van der Waals surface area contributed by atoms with Crippen molar-refractivity contribution in [3.63, 3.8) is 0 Å². The first-order valence-corrected chi connectivity index (χ1v) is 10.3. The van der Waals surface area contributed by atoms with Crippen molar-refractivity contribution in [2.75, 3.05) is 16.5 Å². The Balaban J connectivity index is 1.59. The van der Waals surface area contributed by atoms with E-state index in [1.54, 1.807) is 0 Å². The minimum atomic E-state index is -0.312. The molecule has 0 aliphatic carbocycles. The topological polar surface area (TPSA) is 89.5 Å². The van der Waals surface area contributed by atoms with Crippen LogP contribution in [-0.2, 0) is 6.54 Å². The van der Waals surface area contributed by atoms with E-state index in [0.717, 1.165) is 52.7 Å². The number of nitrogens with two attached hydrogens (primary N) is 1. The van der Waals surface area contributed by atoms with Crippen molar-refractivity contribution in [2.45, 2.75) is 24.9 Å². The Morgan fingerprint density at radius 1 is 1.15 bits per heavy atom. The molecular weight excluding hydrogens is 356 g/mol. The van der Waals surface area contributed by atoms with Gasteiger partial charge in [0.05, 0.1) is 11.4 Å². The largest absolute Gasteiger partial charge is 0.308 e. The molecule has 0 unspecified atom stereocenters. The van der Waals surface area contributed by atoms with Gasteiger partial charge in [-0.25, -0.2) is 16.3 Å². The number of nitrogens with zero attached hydrogens (tertiary/aromatic N) is 2. The van der Waals surface area contributed by atoms with Crippen molar-refractivity contribution in [1.82, 2.24) is 10.9 Å². The SMILES string of the molecule is N=Cc1ccccc1CNNC1=Nc2ccccc2N(N)C12CCSCC2. The summed E-state index contributed by atoms with van der Waals surface area (Å²) in [5.41, 5.74) is 10.2. The highest BCUT2D eigenvalue weighted by Gasteiger charge is 2.45. The smallest absolute Gasteiger partial charge is 0.144 e. The average molecular weight is 381 g/mol. The lowest BCUT2D eigenvalue weighted by Gasteiger charge is -2.47. The van der Waals surface area contributed by atoms with E-state index in [1.807, 2.05) is 65.3 Å². The van der Waals surface area contributed by atoms with Gasteiger partial charge in [0, 0.05) is 12.8 Å². The maximum Gasteiger partial charge on any atom is 0.144 e. The highest BCUT2D eigenvalue weighted by atomic mass is 32.2. The van der Waals surface area contributed by atoms with Crippen molar-refractivity contribution < 1.29 is 0 Å². The molecule has 1 saturated heterocycles. The Morgan fingerprint density at radius 3 is 2.70 bits per heavy atom. The maximum absolute atomic E-state index is 7.56. The number of amidine groups is 1. The number of thioether (sulfide) groups is 1. The summed E-state index contributed by atoms with van der Waals surface area (Å²) in [6.45, 7) is 0.599. The van der Waals surface area contributed by atoms with Crippen LogP contribution in [-0.4, -0.2) is 29.1 Å². The molecule has 2 aliphatic heterocycles. The highest BCUT2D eigenvalue weighted by molar-refractivity contribution is 7.99. The number of rotatable bonds is 4. The molecule has 0 atom stereocenters. The van der Waals surface area contributed by atoms with Gasteiger partial charge in [0.1, 0.15) is 11.4 Å². The second kappa shape index (κ2) is 7.72. The van der Waals surface area contributed by atoms with E-state index in [0.29, 0.717) is 6.54 Å². The number of anilines is 1. The van der Waals surface area contributed by atoms with Crippen LogP contribution >= 0.6 is 11.8 Å². The molecule has 1 spiro atoms. The van der Waals surface area contributed by atoms with E-state index in [2.05, 4.69) is 10.9 Å². The van der Waals surface area contributed by atoms with Gasteiger partial charge in [0.15, 0.2) is 0 Å². The standard InChI is InChI=1S/C20H24N6S/c21-13-15-5-1-2-6-16(15)14-23-25-19-20(9-11-27-12-10-20)26(22)18-8-4-3-7-17(18)24-19/h1-8,13,21,23H,9-12,14,22H2,(H,24,25). The Labute approximate surface area is 163 Å². The summed E-state index contributed by atoms with van der Waals surface area (Å²) in [5.74, 6) is 9.62. The Hall–Kier alpha value is -2.35. The molecule has 27 heavy (non-hydrogen) atoms. The molecule has 0 radical (unpaired) electrons. The Bertz CT molecular complexity index is 859. The Kier molecular flexibility index (Phi) is 5.15. The zero-order chi connectivity index (χ0) is 18.7. The first-order chi connectivity index (χ1) is 13.2. The number of fused-ring (bicyclic) bond motifs is 1. The van der Waals surface area contributed by atoms with E-state index in [-0.39, 0.29) is 5.54 Å². The van der Waals surface area contributed by atoms with Crippen molar-refractivity contribution >= 4 is 35.2 Å². The van der Waals surface area contributed by atoms with Crippen molar-refractivity contribution in [3.05, 3.63) is 59.7 Å². The second-order valence-electron chi connectivity index (χ2n) is 6.78. The molecule has 1 fully saturated rings. The lowest BCUT2D eigenvalue weighted by Crippen LogP contribution is -2.66. The zero-order valence-corrected chi connectivity index (χ0v) is 15.9. The fraction of sp³-hybridized carbons (Fsp3) is 0.300. The van der Waals surface area contributed by atoms with Crippen LogP contribution in [0, 0.1) is 5.41 Å². The van der Waals surface area contributed by atoms with Crippen molar-refractivity contribution in [3.8, 4) is 0 Å². The molecule has 5 N–H and O–H groups in total. The van der Waals surface area contributed by atoms with Crippen LogP contribution in [0.1, 0.15) is 24.0 Å². The van der Waals surface area contributed by atoms with Gasteiger partial charge in [-0.1, -0.05) is 36.4 Å². The monoisotopic (exact) mass is 380 g/mol. The van der Waals surface area contributed by atoms with E-state index >= 15 is 0 Å². The van der Waals surface area contributed by atoms with Crippen LogP contribution in [0.4, 0.5) is 11.4 Å². The van der Waals surface area contributed by atoms with E-state index in [4.69, 9.17) is 16.2 Å².